The maximum Gasteiger partial charge on any atom is 0.335 e. The van der Waals surface area contributed by atoms with Gasteiger partial charge in [0.2, 0.25) is 0 Å². The van der Waals surface area contributed by atoms with E-state index >= 15 is 0 Å². The predicted octanol–water partition coefficient (Wildman–Crippen LogP) is 3.18. The first kappa shape index (κ1) is 20.8. The summed E-state index contributed by atoms with van der Waals surface area (Å²) < 4.78 is 5.77. The van der Waals surface area contributed by atoms with Gasteiger partial charge in [0.1, 0.15) is 17.9 Å². The van der Waals surface area contributed by atoms with Crippen molar-refractivity contribution in [2.75, 3.05) is 0 Å². The molecule has 0 aromatic heterocycles. The molecule has 1 aliphatic rings. The first-order valence-corrected chi connectivity index (χ1v) is 9.23. The van der Waals surface area contributed by atoms with Gasteiger partial charge in [-0.1, -0.05) is 35.3 Å². The summed E-state index contributed by atoms with van der Waals surface area (Å²) >= 11 is 17.1. The van der Waals surface area contributed by atoms with Gasteiger partial charge in [-0.25, -0.2) is 4.79 Å². The Morgan fingerprint density at radius 2 is 1.72 bits per heavy atom. The Bertz CT molecular complexity index is 1050. The Balaban J connectivity index is 1.90. The van der Waals surface area contributed by atoms with Gasteiger partial charge in [0, 0.05) is 10.6 Å². The summed E-state index contributed by atoms with van der Waals surface area (Å²) in [6.07, 6.45) is 1.30. The summed E-state index contributed by atoms with van der Waals surface area (Å²) in [5.74, 6) is -2.15. The number of hydrogen-bond acceptors (Lipinski definition) is 5. The second kappa shape index (κ2) is 8.60. The highest BCUT2D eigenvalue weighted by molar-refractivity contribution is 7.80. The maximum absolute atomic E-state index is 12.1. The number of benzene rings is 2. The predicted molar refractivity (Wildman–Crippen MR) is 111 cm³/mol. The van der Waals surface area contributed by atoms with Crippen LogP contribution in [-0.2, 0) is 16.2 Å². The summed E-state index contributed by atoms with van der Waals surface area (Å²) in [6, 6.07) is 9.07. The summed E-state index contributed by atoms with van der Waals surface area (Å²) in [6.45, 7) is 0.0693. The number of amides is 2. The average molecular weight is 451 g/mol. The number of nitrogens with one attached hydrogen (secondary N) is 2. The van der Waals surface area contributed by atoms with Crippen LogP contribution in [0.15, 0.2) is 42.0 Å². The van der Waals surface area contributed by atoms with E-state index in [0.717, 1.165) is 0 Å². The fourth-order valence-electron chi connectivity index (χ4n) is 2.50. The lowest BCUT2D eigenvalue weighted by Gasteiger charge is -2.17. The topological polar surface area (TPSA) is 105 Å². The SMILES string of the molecule is O=C1NC(=S)NC(=O)C1=Cc1cc(Cl)cc(Cl)c1OCc1ccc(C(=O)O)cc1. The largest absolute Gasteiger partial charge is 0.487 e. The number of carboxylic acid groups (broad SMARTS) is 1. The van der Waals surface area contributed by atoms with E-state index in [9.17, 15) is 14.4 Å². The lowest BCUT2D eigenvalue weighted by Crippen LogP contribution is -2.51. The van der Waals surface area contributed by atoms with Crippen molar-refractivity contribution < 1.29 is 24.2 Å². The maximum atomic E-state index is 12.1. The summed E-state index contributed by atoms with van der Waals surface area (Å²) in [5, 5.41) is 14.0. The molecule has 0 bridgehead atoms. The molecular weight excluding hydrogens is 439 g/mol. The number of carbonyl (C=O) groups is 3. The monoisotopic (exact) mass is 450 g/mol. The Kier molecular flexibility index (Phi) is 6.17. The van der Waals surface area contributed by atoms with Gasteiger partial charge in [-0.15, -0.1) is 0 Å². The summed E-state index contributed by atoms with van der Waals surface area (Å²) in [4.78, 5) is 35.1. The molecule has 29 heavy (non-hydrogen) atoms. The zero-order valence-electron chi connectivity index (χ0n) is 14.5. The third-order valence-electron chi connectivity index (χ3n) is 3.86. The Morgan fingerprint density at radius 1 is 1.10 bits per heavy atom. The van der Waals surface area contributed by atoms with Crippen LogP contribution in [0.5, 0.6) is 5.75 Å². The van der Waals surface area contributed by atoms with Crippen molar-refractivity contribution in [3.63, 3.8) is 0 Å². The minimum absolute atomic E-state index is 0.0693. The van der Waals surface area contributed by atoms with Gasteiger partial charge >= 0.3 is 5.97 Å². The molecule has 0 aliphatic carbocycles. The van der Waals surface area contributed by atoms with Crippen LogP contribution in [0.2, 0.25) is 10.0 Å². The molecule has 3 N–H and O–H groups in total. The van der Waals surface area contributed by atoms with E-state index in [-0.39, 0.29) is 38.7 Å². The van der Waals surface area contributed by atoms with Crippen molar-refractivity contribution in [1.29, 1.82) is 0 Å². The number of ether oxygens (including phenoxy) is 1. The number of carboxylic acids is 1. The minimum atomic E-state index is -1.03. The fraction of sp³-hybridized carbons (Fsp3) is 0.0526. The molecule has 2 aromatic rings. The first-order valence-electron chi connectivity index (χ1n) is 8.07. The second-order valence-electron chi connectivity index (χ2n) is 5.89. The number of thiocarbonyl (C=S) groups is 1. The molecule has 0 spiro atoms. The van der Waals surface area contributed by atoms with Crippen LogP contribution in [0.25, 0.3) is 6.08 Å². The zero-order valence-corrected chi connectivity index (χ0v) is 16.8. The molecule has 0 radical (unpaired) electrons. The molecule has 1 saturated heterocycles. The fourth-order valence-corrected chi connectivity index (χ4v) is 3.25. The third-order valence-corrected chi connectivity index (χ3v) is 4.57. The minimum Gasteiger partial charge on any atom is -0.487 e. The van der Waals surface area contributed by atoms with E-state index < -0.39 is 17.8 Å². The van der Waals surface area contributed by atoms with Crippen LogP contribution in [0.3, 0.4) is 0 Å². The van der Waals surface area contributed by atoms with E-state index in [1.807, 2.05) is 0 Å². The molecular formula is C19H12Cl2N2O5S. The van der Waals surface area contributed by atoms with Crippen molar-refractivity contribution >= 4 is 64.4 Å². The van der Waals surface area contributed by atoms with Crippen LogP contribution in [0.1, 0.15) is 21.5 Å². The zero-order chi connectivity index (χ0) is 21.1. The van der Waals surface area contributed by atoms with Crippen molar-refractivity contribution in [2.45, 2.75) is 6.61 Å². The van der Waals surface area contributed by atoms with E-state index in [0.29, 0.717) is 11.1 Å². The summed E-state index contributed by atoms with van der Waals surface area (Å²) in [5.41, 5.74) is 0.972. The number of aromatic carboxylic acids is 1. The third kappa shape index (κ3) is 4.92. The Morgan fingerprint density at radius 3 is 2.31 bits per heavy atom. The lowest BCUT2D eigenvalue weighted by molar-refractivity contribution is -0.123. The molecule has 148 valence electrons. The molecule has 2 aromatic carbocycles. The highest BCUT2D eigenvalue weighted by Gasteiger charge is 2.26. The van der Waals surface area contributed by atoms with Gasteiger partial charge in [-0.05, 0) is 48.1 Å². The Labute approximate surface area is 180 Å². The Hall–Kier alpha value is -2.94. The molecule has 2 amide bonds. The van der Waals surface area contributed by atoms with Crippen molar-refractivity contribution in [3.05, 3.63) is 68.7 Å². The highest BCUT2D eigenvalue weighted by Crippen LogP contribution is 2.34. The van der Waals surface area contributed by atoms with Crippen molar-refractivity contribution in [2.24, 2.45) is 0 Å². The van der Waals surface area contributed by atoms with Crippen LogP contribution < -0.4 is 15.4 Å². The molecule has 1 fully saturated rings. The summed E-state index contributed by atoms with van der Waals surface area (Å²) in [7, 11) is 0. The number of carbonyl (C=O) groups excluding carboxylic acids is 2. The van der Waals surface area contributed by atoms with Crippen molar-refractivity contribution in [1.82, 2.24) is 10.6 Å². The van der Waals surface area contributed by atoms with Gasteiger partial charge in [-0.3, -0.25) is 20.2 Å². The van der Waals surface area contributed by atoms with E-state index in [1.54, 1.807) is 12.1 Å². The lowest BCUT2D eigenvalue weighted by atomic mass is 10.1. The van der Waals surface area contributed by atoms with Crippen LogP contribution in [-0.4, -0.2) is 28.0 Å². The normalized spacial score (nSPS) is 13.6. The van der Waals surface area contributed by atoms with Gasteiger partial charge < -0.3 is 9.84 Å². The molecule has 1 heterocycles. The van der Waals surface area contributed by atoms with Crippen LogP contribution in [0.4, 0.5) is 0 Å². The van der Waals surface area contributed by atoms with E-state index in [4.69, 9.17) is 45.3 Å². The molecule has 0 unspecified atom stereocenters. The second-order valence-corrected chi connectivity index (χ2v) is 7.14. The molecule has 1 aliphatic heterocycles. The standard InChI is InChI=1S/C19H12Cl2N2O5S/c20-12-5-11(6-13-16(24)22-19(29)23-17(13)25)15(14(21)7-12)28-8-9-1-3-10(4-2-9)18(26)27/h1-7H,8H2,(H,26,27)(H2,22,23,24,25,29). The smallest absolute Gasteiger partial charge is 0.335 e. The number of rotatable bonds is 5. The first-order chi connectivity index (χ1) is 13.7. The van der Waals surface area contributed by atoms with Gasteiger partial charge in [0.25, 0.3) is 11.8 Å². The number of hydrogen-bond donors (Lipinski definition) is 3. The average Bonchev–Trinajstić information content (AvgIpc) is 2.64. The molecule has 0 atom stereocenters. The van der Waals surface area contributed by atoms with Gasteiger partial charge in [0.15, 0.2) is 5.11 Å². The van der Waals surface area contributed by atoms with Crippen LogP contribution >= 0.6 is 35.4 Å². The molecule has 0 saturated carbocycles. The molecule has 10 heteroatoms. The quantitative estimate of drug-likeness (QED) is 0.367. The van der Waals surface area contributed by atoms with E-state index in [2.05, 4.69) is 10.6 Å². The van der Waals surface area contributed by atoms with Crippen LogP contribution in [0, 0.1) is 0 Å². The number of halogens is 2. The van der Waals surface area contributed by atoms with Gasteiger partial charge in [0.05, 0.1) is 10.6 Å². The highest BCUT2D eigenvalue weighted by atomic mass is 35.5. The molecule has 7 nitrogen and oxygen atoms in total. The van der Waals surface area contributed by atoms with Crippen molar-refractivity contribution in [3.8, 4) is 5.75 Å². The van der Waals surface area contributed by atoms with E-state index in [1.165, 1.54) is 30.3 Å². The molecule has 3 rings (SSSR count). The van der Waals surface area contributed by atoms with Gasteiger partial charge in [-0.2, -0.15) is 0 Å².